The van der Waals surface area contributed by atoms with E-state index in [1.54, 1.807) is 7.11 Å². The fraction of sp³-hybridized carbons (Fsp3) is 1.00. The molecule has 0 aromatic rings. The zero-order valence-electron chi connectivity index (χ0n) is 9.75. The summed E-state index contributed by atoms with van der Waals surface area (Å²) in [6.45, 7) is 4.24. The van der Waals surface area contributed by atoms with Crippen LogP contribution < -0.4 is 0 Å². The Morgan fingerprint density at radius 3 is 2.29 bits per heavy atom. The minimum absolute atomic E-state index is 0.242. The summed E-state index contributed by atoms with van der Waals surface area (Å²) >= 11 is 0. The molecule has 0 spiro atoms. The Balaban J connectivity index is 2.66. The molecule has 1 aliphatic rings. The van der Waals surface area contributed by atoms with Gasteiger partial charge in [0.1, 0.15) is 0 Å². The van der Waals surface area contributed by atoms with Crippen LogP contribution in [-0.4, -0.2) is 23.9 Å². The average molecular weight is 200 g/mol. The lowest BCUT2D eigenvalue weighted by atomic mass is 9.76. The van der Waals surface area contributed by atoms with Gasteiger partial charge in [-0.15, -0.1) is 0 Å². The molecule has 0 radical (unpaired) electrons. The lowest BCUT2D eigenvalue weighted by Gasteiger charge is -2.42. The van der Waals surface area contributed by atoms with Gasteiger partial charge in [0.25, 0.3) is 0 Å². The van der Waals surface area contributed by atoms with Gasteiger partial charge in [-0.25, -0.2) is 0 Å². The number of aliphatic hydroxyl groups is 1. The number of rotatable bonds is 4. The largest absolute Gasteiger partial charge is 0.390 e. The molecular weight excluding hydrogens is 176 g/mol. The fourth-order valence-electron chi connectivity index (χ4n) is 2.51. The highest BCUT2D eigenvalue weighted by Gasteiger charge is 2.41. The summed E-state index contributed by atoms with van der Waals surface area (Å²) in [6.07, 6.45) is 6.45. The van der Waals surface area contributed by atoms with Crippen LogP contribution in [0.25, 0.3) is 0 Å². The summed E-state index contributed by atoms with van der Waals surface area (Å²) < 4.78 is 5.61. The van der Waals surface area contributed by atoms with Crippen LogP contribution in [0.4, 0.5) is 0 Å². The maximum atomic E-state index is 10.3. The van der Waals surface area contributed by atoms with Gasteiger partial charge in [-0.1, -0.05) is 39.5 Å². The van der Waals surface area contributed by atoms with Crippen LogP contribution >= 0.6 is 0 Å². The minimum Gasteiger partial charge on any atom is -0.390 e. The van der Waals surface area contributed by atoms with Crippen LogP contribution in [0.5, 0.6) is 0 Å². The van der Waals surface area contributed by atoms with E-state index in [1.807, 2.05) is 0 Å². The topological polar surface area (TPSA) is 29.5 Å². The van der Waals surface area contributed by atoms with E-state index in [9.17, 15) is 5.11 Å². The van der Waals surface area contributed by atoms with E-state index in [0.717, 1.165) is 19.3 Å². The normalized spacial score (nSPS) is 25.7. The first-order valence-electron chi connectivity index (χ1n) is 5.89. The Hall–Kier alpha value is -0.0800. The number of methoxy groups -OCH3 is 1. The van der Waals surface area contributed by atoms with Crippen molar-refractivity contribution in [2.24, 2.45) is 5.92 Å². The van der Waals surface area contributed by atoms with Gasteiger partial charge in [0.05, 0.1) is 11.7 Å². The van der Waals surface area contributed by atoms with Gasteiger partial charge < -0.3 is 9.84 Å². The van der Waals surface area contributed by atoms with E-state index in [-0.39, 0.29) is 11.7 Å². The Bertz CT molecular complexity index is 162. The molecule has 2 heteroatoms. The quantitative estimate of drug-likeness (QED) is 0.756. The van der Waals surface area contributed by atoms with Crippen LogP contribution in [0.1, 0.15) is 52.4 Å². The van der Waals surface area contributed by atoms with Crippen molar-refractivity contribution in [1.29, 1.82) is 0 Å². The summed E-state index contributed by atoms with van der Waals surface area (Å²) in [7, 11) is 1.75. The summed E-state index contributed by atoms with van der Waals surface area (Å²) in [5, 5.41) is 10.3. The Morgan fingerprint density at radius 1 is 1.29 bits per heavy atom. The number of hydrogen-bond donors (Lipinski definition) is 1. The van der Waals surface area contributed by atoms with Crippen LogP contribution in [0.15, 0.2) is 0 Å². The third-order valence-electron chi connectivity index (χ3n) is 3.83. The maximum Gasteiger partial charge on any atom is 0.0939 e. The van der Waals surface area contributed by atoms with Crippen LogP contribution in [-0.2, 0) is 4.74 Å². The molecule has 84 valence electrons. The average Bonchev–Trinajstić information content (AvgIpc) is 2.28. The molecule has 1 N–H and O–H groups in total. The van der Waals surface area contributed by atoms with Crippen LogP contribution in [0, 0.1) is 5.92 Å². The van der Waals surface area contributed by atoms with Gasteiger partial charge in [0, 0.05) is 7.11 Å². The highest BCUT2D eigenvalue weighted by Crippen LogP contribution is 2.37. The van der Waals surface area contributed by atoms with Gasteiger partial charge in [-0.3, -0.25) is 0 Å². The fourth-order valence-corrected chi connectivity index (χ4v) is 2.51. The molecule has 0 aromatic heterocycles. The number of ether oxygens (including phenoxy) is 1. The first-order chi connectivity index (χ1) is 6.66. The maximum absolute atomic E-state index is 10.3. The standard InChI is InChI=1S/C12H24O2/c1-4-10(2)11(13)12(14-3)8-6-5-7-9-12/h10-11,13H,4-9H2,1-3H3. The summed E-state index contributed by atoms with van der Waals surface area (Å²) in [4.78, 5) is 0. The first-order valence-corrected chi connectivity index (χ1v) is 5.89. The third kappa shape index (κ3) is 2.29. The lowest BCUT2D eigenvalue weighted by Crippen LogP contribution is -2.48. The second-order valence-electron chi connectivity index (χ2n) is 4.66. The summed E-state index contributed by atoms with van der Waals surface area (Å²) in [5.41, 5.74) is -0.242. The van der Waals surface area contributed by atoms with E-state index >= 15 is 0 Å². The molecule has 2 unspecified atom stereocenters. The summed E-state index contributed by atoms with van der Waals surface area (Å²) in [5.74, 6) is 0.341. The van der Waals surface area contributed by atoms with E-state index in [2.05, 4.69) is 13.8 Å². The van der Waals surface area contributed by atoms with Crippen molar-refractivity contribution < 1.29 is 9.84 Å². The number of hydrogen-bond acceptors (Lipinski definition) is 2. The van der Waals surface area contributed by atoms with Crippen molar-refractivity contribution in [1.82, 2.24) is 0 Å². The minimum atomic E-state index is -0.294. The molecule has 2 nitrogen and oxygen atoms in total. The van der Waals surface area contributed by atoms with Crippen molar-refractivity contribution in [2.75, 3.05) is 7.11 Å². The van der Waals surface area contributed by atoms with E-state index in [0.29, 0.717) is 5.92 Å². The first kappa shape index (κ1) is 12.0. The van der Waals surface area contributed by atoms with E-state index in [4.69, 9.17) is 4.74 Å². The van der Waals surface area contributed by atoms with Crippen molar-refractivity contribution in [3.05, 3.63) is 0 Å². The van der Waals surface area contributed by atoms with Crippen molar-refractivity contribution in [3.63, 3.8) is 0 Å². The van der Waals surface area contributed by atoms with Gasteiger partial charge in [0.2, 0.25) is 0 Å². The van der Waals surface area contributed by atoms with E-state index in [1.165, 1.54) is 19.3 Å². The molecule has 0 bridgehead atoms. The number of aliphatic hydroxyl groups excluding tert-OH is 1. The molecule has 0 aromatic carbocycles. The second-order valence-corrected chi connectivity index (χ2v) is 4.66. The zero-order valence-corrected chi connectivity index (χ0v) is 9.75. The van der Waals surface area contributed by atoms with Crippen LogP contribution in [0.3, 0.4) is 0 Å². The Labute approximate surface area is 87.7 Å². The molecule has 0 aliphatic heterocycles. The molecular formula is C12H24O2. The molecule has 0 saturated heterocycles. The molecule has 2 atom stereocenters. The lowest BCUT2D eigenvalue weighted by molar-refractivity contribution is -0.140. The summed E-state index contributed by atoms with van der Waals surface area (Å²) in [6, 6.07) is 0. The molecule has 14 heavy (non-hydrogen) atoms. The van der Waals surface area contributed by atoms with Crippen molar-refractivity contribution >= 4 is 0 Å². The smallest absolute Gasteiger partial charge is 0.0939 e. The van der Waals surface area contributed by atoms with Crippen molar-refractivity contribution in [3.8, 4) is 0 Å². The Kier molecular flexibility index (Phi) is 4.39. The molecule has 1 rings (SSSR count). The molecule has 0 amide bonds. The highest BCUT2D eigenvalue weighted by atomic mass is 16.5. The van der Waals surface area contributed by atoms with Crippen LogP contribution in [0.2, 0.25) is 0 Å². The Morgan fingerprint density at radius 2 is 1.86 bits per heavy atom. The van der Waals surface area contributed by atoms with Gasteiger partial charge >= 0.3 is 0 Å². The molecule has 0 heterocycles. The van der Waals surface area contributed by atoms with Crippen molar-refractivity contribution in [2.45, 2.75) is 64.1 Å². The molecule has 1 aliphatic carbocycles. The monoisotopic (exact) mass is 200 g/mol. The molecule has 1 saturated carbocycles. The van der Waals surface area contributed by atoms with Gasteiger partial charge in [-0.2, -0.15) is 0 Å². The SMILES string of the molecule is CCC(C)C(O)C1(OC)CCCCC1. The van der Waals surface area contributed by atoms with E-state index < -0.39 is 0 Å². The predicted octanol–water partition coefficient (Wildman–Crippen LogP) is 2.74. The highest BCUT2D eigenvalue weighted by molar-refractivity contribution is 4.92. The predicted molar refractivity (Wildman–Crippen MR) is 58.3 cm³/mol. The molecule has 1 fully saturated rings. The zero-order chi connectivity index (χ0) is 10.6. The third-order valence-corrected chi connectivity index (χ3v) is 3.83. The van der Waals surface area contributed by atoms with Gasteiger partial charge in [-0.05, 0) is 18.8 Å². The second kappa shape index (κ2) is 5.13. The van der Waals surface area contributed by atoms with Gasteiger partial charge in [0.15, 0.2) is 0 Å².